The third-order valence-electron chi connectivity index (χ3n) is 1.83. The van der Waals surface area contributed by atoms with Crippen molar-refractivity contribution in [1.82, 2.24) is 9.89 Å². The van der Waals surface area contributed by atoms with Crippen LogP contribution in [0.2, 0.25) is 0 Å². The molecule has 3 nitrogen and oxygen atoms in total. The molecule has 0 unspecified atom stereocenters. The largest absolute Gasteiger partial charge is 0.323 e. The van der Waals surface area contributed by atoms with Gasteiger partial charge in [-0.25, -0.2) is 0 Å². The Bertz CT molecular complexity index is 313. The van der Waals surface area contributed by atoms with Gasteiger partial charge in [0.25, 0.3) is 0 Å². The minimum Gasteiger partial charge on any atom is -0.323 e. The average Bonchev–Trinajstić information content (AvgIpc) is 2.33. The number of nitrogen functional groups attached to an aromatic ring is 1. The summed E-state index contributed by atoms with van der Waals surface area (Å²) in [5, 5.41) is 4.14. The molecule has 0 aliphatic heterocycles. The summed E-state index contributed by atoms with van der Waals surface area (Å²) < 4.78 is 0. The molecule has 1 aromatic heterocycles. The molecule has 0 aromatic carbocycles. The van der Waals surface area contributed by atoms with Gasteiger partial charge < -0.3 is 5.84 Å². The minimum absolute atomic E-state index is 0.943. The Balaban J connectivity index is 3.28. The topological polar surface area (TPSA) is 43.8 Å². The van der Waals surface area contributed by atoms with E-state index in [9.17, 15) is 0 Å². The number of hydrogen-bond acceptors (Lipinski definition) is 2. The monoisotopic (exact) mass is 177 g/mol. The highest BCUT2D eigenvalue weighted by molar-refractivity contribution is 5.64. The van der Waals surface area contributed by atoms with Gasteiger partial charge in [0.15, 0.2) is 0 Å². The van der Waals surface area contributed by atoms with Crippen LogP contribution in [0, 0.1) is 6.92 Å². The van der Waals surface area contributed by atoms with Gasteiger partial charge in [-0.15, -0.1) is 0 Å². The fourth-order valence-electron chi connectivity index (χ4n) is 1.27. The van der Waals surface area contributed by atoms with Crippen LogP contribution >= 0.6 is 0 Å². The molecule has 0 fully saturated rings. The maximum Gasteiger partial charge on any atom is 0.0915 e. The van der Waals surface area contributed by atoms with E-state index in [1.807, 2.05) is 45.1 Å². The Morgan fingerprint density at radius 2 is 1.85 bits per heavy atom. The van der Waals surface area contributed by atoms with Crippen molar-refractivity contribution >= 4 is 12.2 Å². The predicted octanol–water partition coefficient (Wildman–Crippen LogP) is 1.97. The van der Waals surface area contributed by atoms with Crippen LogP contribution in [0.3, 0.4) is 0 Å². The number of aryl methyl sites for hydroxylation is 1. The van der Waals surface area contributed by atoms with Gasteiger partial charge in [-0.2, -0.15) is 9.89 Å². The molecule has 70 valence electrons. The molecule has 1 rings (SSSR count). The third-order valence-corrected chi connectivity index (χ3v) is 1.83. The molecule has 0 amide bonds. The van der Waals surface area contributed by atoms with Gasteiger partial charge in [0.05, 0.1) is 11.4 Å². The van der Waals surface area contributed by atoms with Crippen molar-refractivity contribution in [3.63, 3.8) is 0 Å². The van der Waals surface area contributed by atoms with Crippen molar-refractivity contribution in [2.75, 3.05) is 5.84 Å². The van der Waals surface area contributed by atoms with E-state index in [1.165, 1.54) is 4.79 Å². The second-order valence-electron chi connectivity index (χ2n) is 2.83. The summed E-state index contributed by atoms with van der Waals surface area (Å²) >= 11 is 0. The van der Waals surface area contributed by atoms with E-state index in [0.29, 0.717) is 0 Å². The zero-order chi connectivity index (χ0) is 9.84. The van der Waals surface area contributed by atoms with Crippen molar-refractivity contribution in [2.24, 2.45) is 0 Å². The summed E-state index contributed by atoms with van der Waals surface area (Å²) in [7, 11) is 0. The molecule has 0 saturated carbocycles. The molecule has 0 saturated heterocycles. The lowest BCUT2D eigenvalue weighted by Gasteiger charge is -1.95. The second-order valence-corrected chi connectivity index (χ2v) is 2.83. The first-order valence-corrected chi connectivity index (χ1v) is 4.30. The maximum absolute atomic E-state index is 5.68. The molecular formula is C10H15N3. The van der Waals surface area contributed by atoms with E-state index in [4.69, 9.17) is 5.84 Å². The highest BCUT2D eigenvalue weighted by Gasteiger charge is 2.07. The fourth-order valence-corrected chi connectivity index (χ4v) is 1.27. The lowest BCUT2D eigenvalue weighted by Crippen LogP contribution is -2.11. The number of aromatic nitrogens is 2. The lowest BCUT2D eigenvalue weighted by atomic mass is 10.1. The molecule has 0 aliphatic rings. The Morgan fingerprint density at radius 3 is 2.38 bits per heavy atom. The van der Waals surface area contributed by atoms with Crippen LogP contribution < -0.4 is 5.84 Å². The maximum atomic E-state index is 5.68. The van der Waals surface area contributed by atoms with Crippen molar-refractivity contribution in [3.05, 3.63) is 29.1 Å². The van der Waals surface area contributed by atoms with Gasteiger partial charge in [0, 0.05) is 5.56 Å². The fraction of sp³-hybridized carbons (Fsp3) is 0.300. The molecule has 0 atom stereocenters. The molecule has 3 heteroatoms. The van der Waals surface area contributed by atoms with Crippen molar-refractivity contribution in [3.8, 4) is 0 Å². The zero-order valence-corrected chi connectivity index (χ0v) is 8.28. The first-order chi connectivity index (χ1) is 6.20. The van der Waals surface area contributed by atoms with E-state index >= 15 is 0 Å². The van der Waals surface area contributed by atoms with Gasteiger partial charge in [0.1, 0.15) is 0 Å². The first-order valence-electron chi connectivity index (χ1n) is 4.30. The predicted molar refractivity (Wildman–Crippen MR) is 56.5 cm³/mol. The highest BCUT2D eigenvalue weighted by atomic mass is 15.5. The minimum atomic E-state index is 0.943. The van der Waals surface area contributed by atoms with E-state index in [-0.39, 0.29) is 0 Å². The van der Waals surface area contributed by atoms with E-state index in [0.717, 1.165) is 17.0 Å². The standard InChI is InChI=1S/C10H15N3/c1-4-6-9-8(3)12-13(11)10(9)7-5-2/h4-7H,11H2,1-3H3/b6-4+,7-5-. The molecule has 0 spiro atoms. The average molecular weight is 177 g/mol. The van der Waals surface area contributed by atoms with Crippen molar-refractivity contribution in [1.29, 1.82) is 0 Å². The molecule has 13 heavy (non-hydrogen) atoms. The molecular weight excluding hydrogens is 162 g/mol. The normalized spacial score (nSPS) is 11.9. The van der Waals surface area contributed by atoms with Crippen molar-refractivity contribution < 1.29 is 0 Å². The van der Waals surface area contributed by atoms with E-state index in [2.05, 4.69) is 5.10 Å². The van der Waals surface area contributed by atoms with Crippen LogP contribution in [0.15, 0.2) is 12.2 Å². The molecule has 2 N–H and O–H groups in total. The molecule has 0 aliphatic carbocycles. The molecule has 1 heterocycles. The molecule has 0 bridgehead atoms. The summed E-state index contributed by atoms with van der Waals surface area (Å²) in [5.74, 6) is 5.68. The highest BCUT2D eigenvalue weighted by Crippen LogP contribution is 2.15. The number of rotatable bonds is 2. The summed E-state index contributed by atoms with van der Waals surface area (Å²) in [5.41, 5.74) is 2.98. The molecule has 0 radical (unpaired) electrons. The van der Waals surface area contributed by atoms with Crippen LogP contribution in [0.4, 0.5) is 0 Å². The quantitative estimate of drug-likeness (QED) is 0.702. The second kappa shape index (κ2) is 3.94. The van der Waals surface area contributed by atoms with Crippen LogP contribution in [0.5, 0.6) is 0 Å². The number of hydrogen-bond donors (Lipinski definition) is 1. The Hall–Kier alpha value is -1.51. The summed E-state index contributed by atoms with van der Waals surface area (Å²) in [6.45, 7) is 5.89. The summed E-state index contributed by atoms with van der Waals surface area (Å²) in [4.78, 5) is 1.41. The Morgan fingerprint density at radius 1 is 1.23 bits per heavy atom. The zero-order valence-electron chi connectivity index (χ0n) is 8.28. The van der Waals surface area contributed by atoms with Crippen LogP contribution in [-0.4, -0.2) is 9.89 Å². The van der Waals surface area contributed by atoms with Gasteiger partial charge in [-0.1, -0.05) is 18.2 Å². The lowest BCUT2D eigenvalue weighted by molar-refractivity contribution is 0.809. The number of nitrogens with zero attached hydrogens (tertiary/aromatic N) is 2. The Labute approximate surface area is 78.5 Å². The summed E-state index contributed by atoms with van der Waals surface area (Å²) in [6.07, 6.45) is 7.90. The van der Waals surface area contributed by atoms with Crippen LogP contribution in [-0.2, 0) is 0 Å². The van der Waals surface area contributed by atoms with E-state index < -0.39 is 0 Å². The van der Waals surface area contributed by atoms with Gasteiger partial charge in [-0.05, 0) is 26.8 Å². The third kappa shape index (κ3) is 1.80. The SMILES string of the molecule is C/C=C\c1c(/C=C/C)c(C)nn1N. The van der Waals surface area contributed by atoms with E-state index in [1.54, 1.807) is 0 Å². The van der Waals surface area contributed by atoms with Crippen LogP contribution in [0.1, 0.15) is 30.8 Å². The van der Waals surface area contributed by atoms with Gasteiger partial charge in [0.2, 0.25) is 0 Å². The Kier molecular flexibility index (Phi) is 2.90. The number of nitrogens with two attached hydrogens (primary N) is 1. The molecule has 1 aromatic rings. The smallest absolute Gasteiger partial charge is 0.0915 e. The van der Waals surface area contributed by atoms with Crippen molar-refractivity contribution in [2.45, 2.75) is 20.8 Å². The van der Waals surface area contributed by atoms with Crippen LogP contribution in [0.25, 0.3) is 12.2 Å². The number of allylic oxidation sites excluding steroid dienone is 2. The first kappa shape index (κ1) is 9.58. The van der Waals surface area contributed by atoms with Gasteiger partial charge in [-0.3, -0.25) is 0 Å². The summed E-state index contributed by atoms with van der Waals surface area (Å²) in [6, 6.07) is 0. The van der Waals surface area contributed by atoms with Gasteiger partial charge >= 0.3 is 0 Å².